The number of guanidine groups is 1. The van der Waals surface area contributed by atoms with Crippen LogP contribution in [0.15, 0.2) is 29.3 Å². The van der Waals surface area contributed by atoms with Crippen molar-refractivity contribution in [2.75, 3.05) is 26.2 Å². The first-order valence-corrected chi connectivity index (χ1v) is 9.43. The SMILES string of the molecule is CCNC(=NCC(=O)NC(C)(C)C)N1CC(C)OC(c2ccc(F)cc2)C1.I. The van der Waals surface area contributed by atoms with E-state index in [1.165, 1.54) is 12.1 Å². The van der Waals surface area contributed by atoms with Crippen LogP contribution in [0.2, 0.25) is 0 Å². The van der Waals surface area contributed by atoms with E-state index in [1.807, 2.05) is 34.6 Å². The third-order valence-electron chi connectivity index (χ3n) is 4.02. The number of nitrogens with one attached hydrogen (secondary N) is 2. The van der Waals surface area contributed by atoms with Crippen LogP contribution < -0.4 is 10.6 Å². The van der Waals surface area contributed by atoms with Crippen LogP contribution in [0, 0.1) is 5.82 Å². The molecule has 1 saturated heterocycles. The largest absolute Gasteiger partial charge is 0.367 e. The first-order valence-electron chi connectivity index (χ1n) is 9.43. The van der Waals surface area contributed by atoms with E-state index in [1.54, 1.807) is 12.1 Å². The highest BCUT2D eigenvalue weighted by Crippen LogP contribution is 2.25. The lowest BCUT2D eigenvalue weighted by Crippen LogP contribution is -2.51. The Balaban J connectivity index is 0.00000392. The molecule has 1 fully saturated rings. The minimum Gasteiger partial charge on any atom is -0.367 e. The second-order valence-corrected chi connectivity index (χ2v) is 7.86. The number of hydrogen-bond donors (Lipinski definition) is 2. The predicted molar refractivity (Wildman–Crippen MR) is 121 cm³/mol. The van der Waals surface area contributed by atoms with Gasteiger partial charge in [-0.1, -0.05) is 12.1 Å². The molecule has 28 heavy (non-hydrogen) atoms. The summed E-state index contributed by atoms with van der Waals surface area (Å²) in [4.78, 5) is 18.7. The first kappa shape index (κ1) is 24.6. The van der Waals surface area contributed by atoms with Crippen LogP contribution >= 0.6 is 24.0 Å². The number of hydrogen-bond acceptors (Lipinski definition) is 3. The summed E-state index contributed by atoms with van der Waals surface area (Å²) in [5, 5.41) is 6.17. The highest BCUT2D eigenvalue weighted by Gasteiger charge is 2.28. The molecule has 1 heterocycles. The number of benzene rings is 1. The van der Waals surface area contributed by atoms with E-state index in [4.69, 9.17) is 4.74 Å². The van der Waals surface area contributed by atoms with Gasteiger partial charge < -0.3 is 20.3 Å². The van der Waals surface area contributed by atoms with Crippen molar-refractivity contribution in [2.45, 2.75) is 52.4 Å². The number of halogens is 2. The summed E-state index contributed by atoms with van der Waals surface area (Å²) in [6, 6.07) is 6.38. The number of rotatable bonds is 4. The van der Waals surface area contributed by atoms with Crippen molar-refractivity contribution in [1.29, 1.82) is 0 Å². The number of nitrogens with zero attached hydrogens (tertiary/aromatic N) is 2. The maximum Gasteiger partial charge on any atom is 0.242 e. The van der Waals surface area contributed by atoms with Crippen LogP contribution in [0.1, 0.15) is 46.3 Å². The predicted octanol–water partition coefficient (Wildman–Crippen LogP) is 3.09. The van der Waals surface area contributed by atoms with Gasteiger partial charge in [0.15, 0.2) is 5.96 Å². The molecule has 1 aromatic carbocycles. The first-order chi connectivity index (χ1) is 12.7. The quantitative estimate of drug-likeness (QED) is 0.375. The van der Waals surface area contributed by atoms with Crippen molar-refractivity contribution in [3.63, 3.8) is 0 Å². The van der Waals surface area contributed by atoms with Gasteiger partial charge in [-0.25, -0.2) is 9.38 Å². The third kappa shape index (κ3) is 7.90. The number of carbonyl (C=O) groups excluding carboxylic acids is 1. The van der Waals surface area contributed by atoms with Crippen molar-refractivity contribution in [3.05, 3.63) is 35.6 Å². The number of morpholine rings is 1. The Labute approximate surface area is 184 Å². The molecule has 2 unspecified atom stereocenters. The zero-order valence-corrected chi connectivity index (χ0v) is 19.6. The van der Waals surface area contributed by atoms with Crippen LogP contribution in [-0.4, -0.2) is 54.6 Å². The Morgan fingerprint density at radius 1 is 1.29 bits per heavy atom. The monoisotopic (exact) mass is 506 g/mol. The van der Waals surface area contributed by atoms with E-state index in [0.29, 0.717) is 25.6 Å². The summed E-state index contributed by atoms with van der Waals surface area (Å²) in [7, 11) is 0. The van der Waals surface area contributed by atoms with Crippen molar-refractivity contribution in [3.8, 4) is 0 Å². The molecule has 0 aromatic heterocycles. The van der Waals surface area contributed by atoms with E-state index in [0.717, 1.165) is 5.56 Å². The molecule has 2 atom stereocenters. The molecule has 0 aliphatic carbocycles. The van der Waals surface area contributed by atoms with Crippen molar-refractivity contribution >= 4 is 35.8 Å². The lowest BCUT2D eigenvalue weighted by molar-refractivity contribution is -0.121. The second kappa shape index (κ2) is 10.9. The number of carbonyl (C=O) groups is 1. The van der Waals surface area contributed by atoms with Gasteiger partial charge in [0.2, 0.25) is 5.91 Å². The van der Waals surface area contributed by atoms with E-state index < -0.39 is 0 Å². The van der Waals surface area contributed by atoms with Crippen LogP contribution in [0.25, 0.3) is 0 Å². The zero-order chi connectivity index (χ0) is 20.0. The van der Waals surface area contributed by atoms with Gasteiger partial charge in [-0.3, -0.25) is 4.79 Å². The highest BCUT2D eigenvalue weighted by molar-refractivity contribution is 14.0. The molecule has 0 spiro atoms. The average molecular weight is 506 g/mol. The Morgan fingerprint density at radius 2 is 1.93 bits per heavy atom. The fraction of sp³-hybridized carbons (Fsp3) is 0.600. The standard InChI is InChI=1S/C20H31FN4O2.HI/c1-6-22-19(23-11-18(26)24-20(3,4)5)25-12-14(2)27-17(13-25)15-7-9-16(21)10-8-15;/h7-10,14,17H,6,11-13H2,1-5H3,(H,22,23)(H,24,26);1H. The van der Waals surface area contributed by atoms with Gasteiger partial charge in [0.1, 0.15) is 18.5 Å². The molecular weight excluding hydrogens is 474 g/mol. The summed E-state index contributed by atoms with van der Waals surface area (Å²) in [6.07, 6.45) is -0.192. The molecule has 1 amide bonds. The molecule has 1 aliphatic heterocycles. The van der Waals surface area contributed by atoms with E-state index in [9.17, 15) is 9.18 Å². The van der Waals surface area contributed by atoms with Gasteiger partial charge >= 0.3 is 0 Å². The normalized spacial score (nSPS) is 20.4. The number of ether oxygens (including phenoxy) is 1. The van der Waals surface area contributed by atoms with Gasteiger partial charge in [-0.2, -0.15) is 0 Å². The van der Waals surface area contributed by atoms with Gasteiger partial charge in [0.25, 0.3) is 0 Å². The van der Waals surface area contributed by atoms with Crippen LogP contribution in [-0.2, 0) is 9.53 Å². The summed E-state index contributed by atoms with van der Waals surface area (Å²) < 4.78 is 19.2. The molecule has 8 heteroatoms. The molecule has 158 valence electrons. The fourth-order valence-electron chi connectivity index (χ4n) is 3.02. The van der Waals surface area contributed by atoms with Crippen LogP contribution in [0.5, 0.6) is 0 Å². The number of amides is 1. The van der Waals surface area contributed by atoms with Crippen LogP contribution in [0.4, 0.5) is 4.39 Å². The Hall–Kier alpha value is -1.42. The zero-order valence-electron chi connectivity index (χ0n) is 17.3. The van der Waals surface area contributed by atoms with Gasteiger partial charge in [0.05, 0.1) is 12.6 Å². The van der Waals surface area contributed by atoms with E-state index >= 15 is 0 Å². The third-order valence-corrected chi connectivity index (χ3v) is 4.02. The minimum atomic E-state index is -0.286. The molecule has 1 aliphatic rings. The van der Waals surface area contributed by atoms with Gasteiger partial charge in [-0.05, 0) is 52.3 Å². The topological polar surface area (TPSA) is 66.0 Å². The molecule has 1 aromatic rings. The van der Waals surface area contributed by atoms with Crippen molar-refractivity contribution < 1.29 is 13.9 Å². The molecule has 6 nitrogen and oxygen atoms in total. The van der Waals surface area contributed by atoms with Crippen molar-refractivity contribution in [1.82, 2.24) is 15.5 Å². The van der Waals surface area contributed by atoms with Crippen molar-refractivity contribution in [2.24, 2.45) is 4.99 Å². The van der Waals surface area contributed by atoms with Crippen LogP contribution in [0.3, 0.4) is 0 Å². The molecular formula is C20H32FIN4O2. The summed E-state index contributed by atoms with van der Waals surface area (Å²) in [5.74, 6) is 0.303. The maximum atomic E-state index is 13.2. The molecule has 2 rings (SSSR count). The molecule has 2 N–H and O–H groups in total. The summed E-state index contributed by atoms with van der Waals surface area (Å²) in [5.41, 5.74) is 0.640. The lowest BCUT2D eigenvalue weighted by atomic mass is 10.1. The second-order valence-electron chi connectivity index (χ2n) is 7.86. The fourth-order valence-corrected chi connectivity index (χ4v) is 3.02. The van der Waals surface area contributed by atoms with E-state index in [-0.39, 0.29) is 60.0 Å². The average Bonchev–Trinajstić information content (AvgIpc) is 2.57. The molecule has 0 saturated carbocycles. The van der Waals surface area contributed by atoms with Gasteiger partial charge in [-0.15, -0.1) is 24.0 Å². The maximum absolute atomic E-state index is 13.2. The minimum absolute atomic E-state index is 0. The van der Waals surface area contributed by atoms with Gasteiger partial charge in [0, 0.05) is 18.6 Å². The Bertz CT molecular complexity index is 661. The summed E-state index contributed by atoms with van der Waals surface area (Å²) >= 11 is 0. The summed E-state index contributed by atoms with van der Waals surface area (Å²) in [6.45, 7) is 11.8. The Morgan fingerprint density at radius 3 is 2.50 bits per heavy atom. The smallest absolute Gasteiger partial charge is 0.242 e. The number of aliphatic imine (C=N–C) groups is 1. The highest BCUT2D eigenvalue weighted by atomic mass is 127. The lowest BCUT2D eigenvalue weighted by Gasteiger charge is -2.38. The Kier molecular flexibility index (Phi) is 9.62. The molecule has 0 radical (unpaired) electrons. The molecule has 0 bridgehead atoms. The van der Waals surface area contributed by atoms with E-state index in [2.05, 4.69) is 20.5 Å².